The number of alkyl halides is 2. The third kappa shape index (κ3) is 1.71. The summed E-state index contributed by atoms with van der Waals surface area (Å²) in [5, 5.41) is 0. The van der Waals surface area contributed by atoms with E-state index in [9.17, 15) is 8.78 Å². The molecule has 1 aromatic carbocycles. The van der Waals surface area contributed by atoms with Crippen LogP contribution >= 0.6 is 0 Å². The smallest absolute Gasteiger partial charge is 0.248 e. The summed E-state index contributed by atoms with van der Waals surface area (Å²) in [6.45, 7) is 0. The Morgan fingerprint density at radius 3 is 2.40 bits per heavy atom. The number of anilines is 1. The van der Waals surface area contributed by atoms with Crippen LogP contribution in [0.1, 0.15) is 31.2 Å². The van der Waals surface area contributed by atoms with Crippen LogP contribution in [0.5, 0.6) is 0 Å². The van der Waals surface area contributed by atoms with Crippen molar-refractivity contribution in [2.24, 2.45) is 0 Å². The first kappa shape index (κ1) is 10.4. The molecule has 3 heteroatoms. The molecule has 0 heterocycles. The Morgan fingerprint density at radius 1 is 1.20 bits per heavy atom. The van der Waals surface area contributed by atoms with Gasteiger partial charge in [0.15, 0.2) is 0 Å². The van der Waals surface area contributed by atoms with E-state index in [4.69, 9.17) is 5.73 Å². The first-order chi connectivity index (χ1) is 7.15. The summed E-state index contributed by atoms with van der Waals surface area (Å²) in [6.07, 6.45) is 0.641. The molecular weight excluding hydrogens is 196 g/mol. The van der Waals surface area contributed by atoms with Crippen molar-refractivity contribution in [1.29, 1.82) is 0 Å². The molecule has 0 aromatic heterocycles. The molecule has 0 radical (unpaired) electrons. The number of benzene rings is 1. The van der Waals surface area contributed by atoms with Crippen molar-refractivity contribution in [3.63, 3.8) is 0 Å². The lowest BCUT2D eigenvalue weighted by molar-refractivity contribution is 0.0522. The van der Waals surface area contributed by atoms with Gasteiger partial charge in [0.1, 0.15) is 0 Å². The Hall–Kier alpha value is -1.12. The van der Waals surface area contributed by atoms with Crippen LogP contribution in [-0.4, -0.2) is 6.43 Å². The highest BCUT2D eigenvalue weighted by molar-refractivity contribution is 5.44. The zero-order valence-electron chi connectivity index (χ0n) is 8.55. The topological polar surface area (TPSA) is 26.0 Å². The van der Waals surface area contributed by atoms with E-state index >= 15 is 0 Å². The average molecular weight is 211 g/mol. The minimum atomic E-state index is -2.29. The molecule has 0 amide bonds. The summed E-state index contributed by atoms with van der Waals surface area (Å²) in [4.78, 5) is 0. The van der Waals surface area contributed by atoms with Crippen LogP contribution in [0.4, 0.5) is 14.5 Å². The van der Waals surface area contributed by atoms with Gasteiger partial charge in [-0.15, -0.1) is 0 Å². The molecule has 82 valence electrons. The monoisotopic (exact) mass is 211 g/mol. The SMILES string of the molecule is Nc1cccc(C2(C(F)F)CCCC2)c1. The molecule has 0 unspecified atom stereocenters. The molecule has 15 heavy (non-hydrogen) atoms. The van der Waals surface area contributed by atoms with Gasteiger partial charge < -0.3 is 5.73 Å². The molecule has 1 saturated carbocycles. The summed E-state index contributed by atoms with van der Waals surface area (Å²) in [5.74, 6) is 0. The summed E-state index contributed by atoms with van der Waals surface area (Å²) in [6, 6.07) is 6.95. The molecule has 1 aliphatic rings. The predicted molar refractivity (Wildman–Crippen MR) is 57.0 cm³/mol. The molecule has 0 spiro atoms. The van der Waals surface area contributed by atoms with Crippen molar-refractivity contribution in [3.05, 3.63) is 29.8 Å². The van der Waals surface area contributed by atoms with Gasteiger partial charge in [-0.25, -0.2) is 8.78 Å². The summed E-state index contributed by atoms with van der Waals surface area (Å²) in [7, 11) is 0. The van der Waals surface area contributed by atoms with Crippen LogP contribution in [0.25, 0.3) is 0 Å². The van der Waals surface area contributed by atoms with Crippen LogP contribution < -0.4 is 5.73 Å². The number of hydrogen-bond donors (Lipinski definition) is 1. The molecule has 0 bridgehead atoms. The maximum Gasteiger partial charge on any atom is 0.248 e. The van der Waals surface area contributed by atoms with E-state index in [1.165, 1.54) is 0 Å². The first-order valence-electron chi connectivity index (χ1n) is 5.29. The van der Waals surface area contributed by atoms with Gasteiger partial charge in [0.2, 0.25) is 6.43 Å². The molecule has 0 aliphatic heterocycles. The average Bonchev–Trinajstić information content (AvgIpc) is 2.67. The Kier molecular flexibility index (Phi) is 2.63. The van der Waals surface area contributed by atoms with E-state index in [0.29, 0.717) is 24.1 Å². The number of halogens is 2. The highest BCUT2D eigenvalue weighted by Gasteiger charge is 2.43. The van der Waals surface area contributed by atoms with Gasteiger partial charge in [0, 0.05) is 5.69 Å². The number of nitrogen functional groups attached to an aromatic ring is 1. The number of nitrogens with two attached hydrogens (primary N) is 1. The van der Waals surface area contributed by atoms with Gasteiger partial charge in [0.05, 0.1) is 5.41 Å². The minimum absolute atomic E-state index is 0.569. The van der Waals surface area contributed by atoms with E-state index in [0.717, 1.165) is 12.8 Å². The fraction of sp³-hybridized carbons (Fsp3) is 0.500. The molecule has 0 atom stereocenters. The van der Waals surface area contributed by atoms with E-state index in [1.807, 2.05) is 0 Å². The lowest BCUT2D eigenvalue weighted by Gasteiger charge is -2.28. The third-order valence-corrected chi connectivity index (χ3v) is 3.38. The summed E-state index contributed by atoms with van der Waals surface area (Å²) in [5.41, 5.74) is 5.98. The van der Waals surface area contributed by atoms with Crippen molar-refractivity contribution in [1.82, 2.24) is 0 Å². The quantitative estimate of drug-likeness (QED) is 0.746. The van der Waals surface area contributed by atoms with Crippen LogP contribution in [0, 0.1) is 0 Å². The third-order valence-electron chi connectivity index (χ3n) is 3.38. The van der Waals surface area contributed by atoms with Crippen molar-refractivity contribution < 1.29 is 8.78 Å². The van der Waals surface area contributed by atoms with Crippen LogP contribution in [0.3, 0.4) is 0 Å². The Bertz CT molecular complexity index is 343. The van der Waals surface area contributed by atoms with E-state index in [2.05, 4.69) is 0 Å². The van der Waals surface area contributed by atoms with Gasteiger partial charge in [-0.2, -0.15) is 0 Å². The second-order valence-electron chi connectivity index (χ2n) is 4.29. The molecule has 2 N–H and O–H groups in total. The lowest BCUT2D eigenvalue weighted by Crippen LogP contribution is -2.31. The van der Waals surface area contributed by atoms with Crippen molar-refractivity contribution in [2.45, 2.75) is 37.5 Å². The Balaban J connectivity index is 2.41. The normalized spacial score (nSPS) is 19.7. The highest BCUT2D eigenvalue weighted by atomic mass is 19.3. The van der Waals surface area contributed by atoms with Crippen molar-refractivity contribution >= 4 is 5.69 Å². The van der Waals surface area contributed by atoms with E-state index in [-0.39, 0.29) is 0 Å². The largest absolute Gasteiger partial charge is 0.399 e. The molecule has 1 aromatic rings. The second-order valence-corrected chi connectivity index (χ2v) is 4.29. The molecule has 1 aliphatic carbocycles. The number of rotatable bonds is 2. The fourth-order valence-electron chi connectivity index (χ4n) is 2.49. The van der Waals surface area contributed by atoms with Crippen LogP contribution in [0.2, 0.25) is 0 Å². The van der Waals surface area contributed by atoms with Gasteiger partial charge >= 0.3 is 0 Å². The fourth-order valence-corrected chi connectivity index (χ4v) is 2.49. The van der Waals surface area contributed by atoms with Gasteiger partial charge in [-0.1, -0.05) is 25.0 Å². The van der Waals surface area contributed by atoms with E-state index < -0.39 is 11.8 Å². The maximum absolute atomic E-state index is 13.2. The van der Waals surface area contributed by atoms with Crippen LogP contribution in [-0.2, 0) is 5.41 Å². The van der Waals surface area contributed by atoms with Crippen molar-refractivity contribution in [3.8, 4) is 0 Å². The lowest BCUT2D eigenvalue weighted by atomic mass is 9.79. The van der Waals surface area contributed by atoms with E-state index in [1.54, 1.807) is 24.3 Å². The molecular formula is C12H15F2N. The summed E-state index contributed by atoms with van der Waals surface area (Å²) >= 11 is 0. The molecule has 1 nitrogen and oxygen atoms in total. The molecule has 0 saturated heterocycles. The zero-order chi connectivity index (χ0) is 10.9. The summed E-state index contributed by atoms with van der Waals surface area (Å²) < 4.78 is 26.3. The number of hydrogen-bond acceptors (Lipinski definition) is 1. The Morgan fingerprint density at radius 2 is 1.87 bits per heavy atom. The van der Waals surface area contributed by atoms with Gasteiger partial charge in [-0.05, 0) is 30.5 Å². The van der Waals surface area contributed by atoms with Crippen LogP contribution in [0.15, 0.2) is 24.3 Å². The maximum atomic E-state index is 13.2. The first-order valence-corrected chi connectivity index (χ1v) is 5.29. The van der Waals surface area contributed by atoms with Gasteiger partial charge in [-0.3, -0.25) is 0 Å². The standard InChI is InChI=1S/C12H15F2N/c13-11(14)12(6-1-2-7-12)9-4-3-5-10(15)8-9/h3-5,8,11H,1-2,6-7,15H2. The van der Waals surface area contributed by atoms with Gasteiger partial charge in [0.25, 0.3) is 0 Å². The van der Waals surface area contributed by atoms with Crippen molar-refractivity contribution in [2.75, 3.05) is 5.73 Å². The predicted octanol–water partition coefficient (Wildman–Crippen LogP) is 3.35. The minimum Gasteiger partial charge on any atom is -0.399 e. The second kappa shape index (κ2) is 3.80. The molecule has 1 fully saturated rings. The highest BCUT2D eigenvalue weighted by Crippen LogP contribution is 2.45. The zero-order valence-corrected chi connectivity index (χ0v) is 8.55. The molecule has 2 rings (SSSR count). The Labute approximate surface area is 88.3 Å².